The summed E-state index contributed by atoms with van der Waals surface area (Å²) in [5, 5.41) is 26.2. The number of ketones is 1. The first-order valence-corrected chi connectivity index (χ1v) is 19.5. The van der Waals surface area contributed by atoms with Gasteiger partial charge < -0.3 is 35.1 Å². The fourth-order valence-corrected chi connectivity index (χ4v) is 7.51. The zero-order valence-electron chi connectivity index (χ0n) is 32.0. The molecule has 4 N–H and O–H groups in total. The lowest BCUT2D eigenvalue weighted by molar-refractivity contribution is -0.324. The van der Waals surface area contributed by atoms with Gasteiger partial charge in [0.2, 0.25) is 11.8 Å². The lowest BCUT2D eigenvalue weighted by Crippen LogP contribution is -2.50. The van der Waals surface area contributed by atoms with Crippen LogP contribution in [-0.4, -0.2) is 83.3 Å². The molecule has 11 atom stereocenters. The minimum absolute atomic E-state index is 0.0223. The fourth-order valence-electron chi connectivity index (χ4n) is 7.51. The Kier molecular flexibility index (Phi) is 17.6. The highest BCUT2D eigenvalue weighted by Gasteiger charge is 2.44. The normalized spacial score (nSPS) is 31.6. The number of ether oxygens (including phenoxy) is 3. The van der Waals surface area contributed by atoms with Crippen molar-refractivity contribution in [3.05, 3.63) is 23.8 Å². The second kappa shape index (κ2) is 20.8. The summed E-state index contributed by atoms with van der Waals surface area (Å²) in [6.07, 6.45) is 14.5. The number of rotatable bonds is 18. The van der Waals surface area contributed by atoms with Crippen molar-refractivity contribution in [1.82, 2.24) is 10.6 Å². The van der Waals surface area contributed by atoms with E-state index < -0.39 is 23.9 Å². The van der Waals surface area contributed by atoms with Gasteiger partial charge in [0.15, 0.2) is 11.6 Å². The summed E-state index contributed by atoms with van der Waals surface area (Å²) in [5.74, 6) is -0.680. The average Bonchev–Trinajstić information content (AvgIpc) is 3.07. The molecule has 2 amide bonds. The Bertz CT molecular complexity index is 1140. The Morgan fingerprint density at radius 1 is 0.900 bits per heavy atom. The van der Waals surface area contributed by atoms with Crippen molar-refractivity contribution in [1.29, 1.82) is 0 Å². The summed E-state index contributed by atoms with van der Waals surface area (Å²) < 4.78 is 19.5. The molecule has 0 radical (unpaired) electrons. The number of aliphatic hydroxyl groups excluding tert-OH is 2. The summed E-state index contributed by atoms with van der Waals surface area (Å²) in [4.78, 5) is 37.6. The second-order valence-electron chi connectivity index (χ2n) is 15.7. The summed E-state index contributed by atoms with van der Waals surface area (Å²) in [6.45, 7) is 14.2. The van der Waals surface area contributed by atoms with Crippen molar-refractivity contribution in [2.45, 2.75) is 174 Å². The van der Waals surface area contributed by atoms with Gasteiger partial charge in [-0.3, -0.25) is 14.4 Å². The molecule has 3 rings (SSSR count). The Hall–Kier alpha value is -2.11. The van der Waals surface area contributed by atoms with Gasteiger partial charge in [0.1, 0.15) is 0 Å². The fraction of sp³-hybridized carbons (Fsp3) is 0.825. The van der Waals surface area contributed by atoms with Crippen LogP contribution in [0.4, 0.5) is 0 Å². The third kappa shape index (κ3) is 13.8. The number of carbonyl (C=O) groups is 3. The molecular weight excluding hydrogens is 636 g/mol. The van der Waals surface area contributed by atoms with Crippen LogP contribution in [0.5, 0.6) is 0 Å². The molecule has 3 aliphatic rings. The van der Waals surface area contributed by atoms with E-state index in [-0.39, 0.29) is 60.9 Å². The number of allylic oxidation sites excluding steroid dienone is 3. The lowest BCUT2D eigenvalue weighted by atomic mass is 9.85. The Labute approximate surface area is 301 Å². The van der Waals surface area contributed by atoms with Gasteiger partial charge in [0, 0.05) is 32.4 Å². The molecule has 50 heavy (non-hydrogen) atoms. The molecule has 3 fully saturated rings. The van der Waals surface area contributed by atoms with Crippen LogP contribution in [0.1, 0.15) is 132 Å². The summed E-state index contributed by atoms with van der Waals surface area (Å²) in [6, 6.07) is 0. The van der Waals surface area contributed by atoms with Gasteiger partial charge in [-0.25, -0.2) is 0 Å². The molecule has 10 heteroatoms. The van der Waals surface area contributed by atoms with Gasteiger partial charge in [0.25, 0.3) is 0 Å². The van der Waals surface area contributed by atoms with Crippen LogP contribution >= 0.6 is 0 Å². The molecule has 3 heterocycles. The molecule has 1 spiro atoms. The smallest absolute Gasteiger partial charge is 0.225 e. The molecule has 0 bridgehead atoms. The van der Waals surface area contributed by atoms with E-state index in [4.69, 9.17) is 14.2 Å². The number of amides is 2. The van der Waals surface area contributed by atoms with Crippen LogP contribution in [0.2, 0.25) is 0 Å². The molecule has 0 aromatic rings. The zero-order chi connectivity index (χ0) is 36.8. The first-order chi connectivity index (χ1) is 23.7. The first-order valence-electron chi connectivity index (χ1n) is 19.5. The quantitative estimate of drug-likeness (QED) is 0.0782. The number of carbonyl (C=O) groups excluding carboxylic acids is 3. The van der Waals surface area contributed by atoms with Crippen LogP contribution in [0.25, 0.3) is 0 Å². The first kappa shape index (κ1) is 42.3. The van der Waals surface area contributed by atoms with Gasteiger partial charge >= 0.3 is 0 Å². The van der Waals surface area contributed by atoms with Crippen LogP contribution in [0, 0.1) is 23.7 Å². The Morgan fingerprint density at radius 3 is 2.36 bits per heavy atom. The highest BCUT2D eigenvalue weighted by molar-refractivity contribution is 5.89. The maximum atomic E-state index is 12.9. The highest BCUT2D eigenvalue weighted by Crippen LogP contribution is 2.43. The van der Waals surface area contributed by atoms with Gasteiger partial charge in [-0.1, -0.05) is 39.8 Å². The van der Waals surface area contributed by atoms with E-state index >= 15 is 0 Å². The Morgan fingerprint density at radius 2 is 1.64 bits per heavy atom. The minimum Gasteiger partial charge on any atom is -0.390 e. The molecule has 3 aliphatic heterocycles. The van der Waals surface area contributed by atoms with Crippen molar-refractivity contribution >= 4 is 17.6 Å². The van der Waals surface area contributed by atoms with E-state index in [1.54, 1.807) is 26.0 Å². The molecule has 0 aliphatic carbocycles. The van der Waals surface area contributed by atoms with E-state index in [0.29, 0.717) is 24.8 Å². The molecule has 0 aromatic carbocycles. The maximum absolute atomic E-state index is 12.9. The third-order valence-corrected chi connectivity index (χ3v) is 11.2. The molecule has 0 unspecified atom stereocenters. The molecule has 0 aromatic heterocycles. The van der Waals surface area contributed by atoms with Gasteiger partial charge in [0.05, 0.1) is 49.0 Å². The predicted molar refractivity (Wildman–Crippen MR) is 195 cm³/mol. The SMILES string of the molecule is C/C=C/C(=O)C[C@H]1CC[C@H](C)[C@H](CC(=O)NC[C@H](O)[C@H](C)C(=O)NCCC[C@H]2O[C@@]3(CCC[C@@H](CC[C@H](C)/C=C(\C)[C@@H](C)O)O3)CC[C@@H]2C)O1. The van der Waals surface area contributed by atoms with Gasteiger partial charge in [-0.2, -0.15) is 0 Å². The van der Waals surface area contributed by atoms with Crippen LogP contribution < -0.4 is 10.6 Å². The summed E-state index contributed by atoms with van der Waals surface area (Å²) in [7, 11) is 0. The van der Waals surface area contributed by atoms with E-state index in [9.17, 15) is 24.6 Å². The van der Waals surface area contributed by atoms with Gasteiger partial charge in [-0.15, -0.1) is 0 Å². The monoisotopic (exact) mass is 704 g/mol. The van der Waals surface area contributed by atoms with Crippen molar-refractivity contribution in [3.63, 3.8) is 0 Å². The topological polar surface area (TPSA) is 143 Å². The van der Waals surface area contributed by atoms with E-state index in [1.807, 2.05) is 20.8 Å². The number of hydrogen-bond acceptors (Lipinski definition) is 8. The van der Waals surface area contributed by atoms with Gasteiger partial charge in [-0.05, 0) is 108 Å². The van der Waals surface area contributed by atoms with E-state index in [2.05, 4.69) is 30.6 Å². The molecular formula is C40H68N2O8. The zero-order valence-corrected chi connectivity index (χ0v) is 32.0. The largest absolute Gasteiger partial charge is 0.390 e. The van der Waals surface area contributed by atoms with E-state index in [1.165, 1.54) is 0 Å². The van der Waals surface area contributed by atoms with Crippen LogP contribution in [0.15, 0.2) is 23.8 Å². The summed E-state index contributed by atoms with van der Waals surface area (Å²) in [5.41, 5.74) is 1.01. The maximum Gasteiger partial charge on any atom is 0.225 e. The van der Waals surface area contributed by atoms with Crippen LogP contribution in [0.3, 0.4) is 0 Å². The van der Waals surface area contributed by atoms with Crippen LogP contribution in [-0.2, 0) is 28.6 Å². The third-order valence-electron chi connectivity index (χ3n) is 11.2. The standard InChI is InChI=1S/C40H68N2O8/c1-8-11-32(44)23-34-17-15-27(3)37(48-34)24-38(46)42-25-35(45)30(6)39(47)41-21-10-13-36-28(4)18-20-40(50-36)19-9-12-33(49-40)16-14-26(2)22-29(5)31(7)43/h8,11,22,26-28,30-31,33-37,43,45H,9-10,12-21,23-25H2,1-7H3,(H,41,47)(H,42,46)/b11-8+,29-22+/t26-,27-,28-,30-,31+,33-,34+,35-,36+,37-,40-/m0/s1. The van der Waals surface area contributed by atoms with Crippen molar-refractivity contribution in [2.75, 3.05) is 13.1 Å². The van der Waals surface area contributed by atoms with Crippen molar-refractivity contribution in [3.8, 4) is 0 Å². The Balaban J connectivity index is 1.36. The average molecular weight is 705 g/mol. The molecule has 10 nitrogen and oxygen atoms in total. The second-order valence-corrected chi connectivity index (χ2v) is 15.7. The predicted octanol–water partition coefficient (Wildman–Crippen LogP) is 5.93. The van der Waals surface area contributed by atoms with E-state index in [0.717, 1.165) is 76.2 Å². The number of nitrogens with one attached hydrogen (secondary N) is 2. The number of aliphatic hydroxyl groups is 2. The molecule has 286 valence electrons. The highest BCUT2D eigenvalue weighted by atomic mass is 16.7. The van der Waals surface area contributed by atoms with Crippen molar-refractivity contribution in [2.24, 2.45) is 23.7 Å². The minimum atomic E-state index is -1.02. The number of hydrogen-bond donors (Lipinski definition) is 4. The molecule has 3 saturated heterocycles. The van der Waals surface area contributed by atoms with Crippen molar-refractivity contribution < 1.29 is 38.8 Å². The summed E-state index contributed by atoms with van der Waals surface area (Å²) >= 11 is 0. The molecule has 0 saturated carbocycles. The lowest BCUT2D eigenvalue weighted by Gasteiger charge is -2.48.